The molecule has 1 heterocycles. The van der Waals surface area contributed by atoms with Crippen LogP contribution < -0.4 is 0 Å². The van der Waals surface area contributed by atoms with E-state index in [4.69, 9.17) is 0 Å². The van der Waals surface area contributed by atoms with Crippen molar-refractivity contribution in [3.63, 3.8) is 0 Å². The maximum atomic E-state index is 4.13. The Balaban J connectivity index is 2.39. The molecule has 1 rings (SSSR count). The average Bonchev–Trinajstić information content (AvgIpc) is 2.31. The van der Waals surface area contributed by atoms with E-state index in [2.05, 4.69) is 52.2 Å². The van der Waals surface area contributed by atoms with Gasteiger partial charge in [0.25, 0.3) is 0 Å². The molecule has 2 nitrogen and oxygen atoms in total. The Hall–Kier alpha value is -0.0600. The molecule has 61 valence electrons. The number of aryl methyl sites for hydroxylation is 1. The van der Waals surface area contributed by atoms with Crippen molar-refractivity contribution < 1.29 is 0 Å². The van der Waals surface area contributed by atoms with E-state index in [1.807, 2.05) is 6.33 Å². The van der Waals surface area contributed by atoms with Gasteiger partial charge in [-0.3, -0.25) is 0 Å². The molecule has 0 saturated carbocycles. The van der Waals surface area contributed by atoms with Crippen LogP contribution in [-0.4, -0.2) is 9.55 Å². The lowest BCUT2D eigenvalue weighted by Crippen LogP contribution is -1.97. The van der Waals surface area contributed by atoms with Crippen molar-refractivity contribution in [1.82, 2.24) is 9.55 Å². The molecule has 0 aliphatic heterocycles. The van der Waals surface area contributed by atoms with Crippen LogP contribution in [0.1, 0.15) is 20.3 Å². The fourth-order valence-corrected chi connectivity index (χ4v) is 1.29. The second-order valence-corrected chi connectivity index (χ2v) is 4.00. The first kappa shape index (κ1) is 9.03. The molecule has 3 heteroatoms. The number of hydrogen-bond acceptors (Lipinski definition) is 1. The highest BCUT2D eigenvalue weighted by Crippen LogP contribution is 2.06. The van der Waals surface area contributed by atoms with Crippen LogP contribution in [0, 0.1) is 9.62 Å². The molecule has 0 spiro atoms. The van der Waals surface area contributed by atoms with Crippen LogP contribution in [0.15, 0.2) is 12.5 Å². The summed E-state index contributed by atoms with van der Waals surface area (Å²) >= 11 is 2.22. The monoisotopic (exact) mass is 263 g/mol. The Morgan fingerprint density at radius 1 is 1.64 bits per heavy atom. The van der Waals surface area contributed by atoms with Crippen LogP contribution in [0.4, 0.5) is 0 Å². The highest BCUT2D eigenvalue weighted by molar-refractivity contribution is 14.1. The molecule has 1 aromatic rings. The number of imidazole rings is 1. The van der Waals surface area contributed by atoms with Gasteiger partial charge in [-0.15, -0.1) is 0 Å². The van der Waals surface area contributed by atoms with Crippen molar-refractivity contribution in [2.24, 2.45) is 0 Å². The quantitative estimate of drug-likeness (QED) is 0.766. The van der Waals surface area contributed by atoms with Gasteiger partial charge in [0, 0.05) is 12.7 Å². The summed E-state index contributed by atoms with van der Waals surface area (Å²) in [5.41, 5.74) is 0. The molecular weight excluding hydrogens is 251 g/mol. The van der Waals surface area contributed by atoms with Gasteiger partial charge >= 0.3 is 0 Å². The van der Waals surface area contributed by atoms with Gasteiger partial charge in [0.15, 0.2) is 0 Å². The molecule has 0 fully saturated rings. The predicted molar refractivity (Wildman–Crippen MR) is 54.2 cm³/mol. The SMILES string of the molecule is C[C](C)CCn1cnc(I)c1. The van der Waals surface area contributed by atoms with Crippen molar-refractivity contribution in [2.45, 2.75) is 26.8 Å². The van der Waals surface area contributed by atoms with Crippen LogP contribution in [0.5, 0.6) is 0 Å². The summed E-state index contributed by atoms with van der Waals surface area (Å²) in [6, 6.07) is 0. The first-order valence-corrected chi connectivity index (χ1v) is 4.72. The second-order valence-electron chi connectivity index (χ2n) is 2.89. The van der Waals surface area contributed by atoms with Crippen molar-refractivity contribution in [3.8, 4) is 0 Å². The minimum Gasteiger partial charge on any atom is -0.336 e. The predicted octanol–water partition coefficient (Wildman–Crippen LogP) is 2.49. The van der Waals surface area contributed by atoms with Gasteiger partial charge in [-0.2, -0.15) is 0 Å². The molecule has 11 heavy (non-hydrogen) atoms. The van der Waals surface area contributed by atoms with Gasteiger partial charge in [0.2, 0.25) is 0 Å². The molecule has 1 aromatic heterocycles. The van der Waals surface area contributed by atoms with Gasteiger partial charge < -0.3 is 4.57 Å². The van der Waals surface area contributed by atoms with Crippen LogP contribution >= 0.6 is 22.6 Å². The van der Waals surface area contributed by atoms with Gasteiger partial charge in [0.1, 0.15) is 3.70 Å². The zero-order valence-corrected chi connectivity index (χ0v) is 9.00. The smallest absolute Gasteiger partial charge is 0.119 e. The fourth-order valence-electron chi connectivity index (χ4n) is 0.808. The van der Waals surface area contributed by atoms with E-state index in [1.54, 1.807) is 0 Å². The van der Waals surface area contributed by atoms with Crippen molar-refractivity contribution in [3.05, 3.63) is 22.1 Å². The highest BCUT2D eigenvalue weighted by Gasteiger charge is 1.96. The fraction of sp³-hybridized carbons (Fsp3) is 0.500. The van der Waals surface area contributed by atoms with Crippen LogP contribution in [0.3, 0.4) is 0 Å². The van der Waals surface area contributed by atoms with E-state index in [0.29, 0.717) is 0 Å². The van der Waals surface area contributed by atoms with E-state index >= 15 is 0 Å². The zero-order chi connectivity index (χ0) is 8.27. The number of rotatable bonds is 3. The van der Waals surface area contributed by atoms with Gasteiger partial charge in [0.05, 0.1) is 6.33 Å². The number of nitrogens with zero attached hydrogens (tertiary/aromatic N) is 2. The number of hydrogen-bond donors (Lipinski definition) is 0. The maximum absolute atomic E-state index is 4.13. The first-order valence-electron chi connectivity index (χ1n) is 3.65. The first-order chi connectivity index (χ1) is 5.18. The van der Waals surface area contributed by atoms with Crippen molar-refractivity contribution in [2.75, 3.05) is 0 Å². The normalized spacial score (nSPS) is 10.9. The van der Waals surface area contributed by atoms with Gasteiger partial charge in [-0.05, 0) is 34.9 Å². The summed E-state index contributed by atoms with van der Waals surface area (Å²) < 4.78 is 3.19. The number of halogens is 1. The van der Waals surface area contributed by atoms with E-state index in [0.717, 1.165) is 16.7 Å². The molecular formula is C8H12IN2. The topological polar surface area (TPSA) is 17.8 Å². The Labute approximate surface area is 81.2 Å². The molecule has 1 radical (unpaired) electrons. The lowest BCUT2D eigenvalue weighted by Gasteiger charge is -2.03. The molecule has 0 bridgehead atoms. The lowest BCUT2D eigenvalue weighted by molar-refractivity contribution is 0.653. The lowest BCUT2D eigenvalue weighted by atomic mass is 10.1. The molecule has 0 aromatic carbocycles. The third-order valence-corrected chi connectivity index (χ3v) is 2.03. The minimum atomic E-state index is 1.05. The molecule has 0 aliphatic carbocycles. The third kappa shape index (κ3) is 3.22. The summed E-state index contributed by atoms with van der Waals surface area (Å²) in [5.74, 6) is 1.47. The average molecular weight is 263 g/mol. The Bertz CT molecular complexity index is 218. The molecule has 0 N–H and O–H groups in total. The Morgan fingerprint density at radius 3 is 2.82 bits per heavy atom. The minimum absolute atomic E-state index is 1.05. The second kappa shape index (κ2) is 4.09. The highest BCUT2D eigenvalue weighted by atomic mass is 127. The standard InChI is InChI=1S/C8H12IN2/c1-7(2)3-4-11-5-8(9)10-6-11/h5-6H,3-4H2,1-2H3. The van der Waals surface area contributed by atoms with Gasteiger partial charge in [-0.25, -0.2) is 4.98 Å². The maximum Gasteiger partial charge on any atom is 0.119 e. The summed E-state index contributed by atoms with van der Waals surface area (Å²) in [4.78, 5) is 4.13. The van der Waals surface area contributed by atoms with E-state index in [-0.39, 0.29) is 0 Å². The van der Waals surface area contributed by atoms with Crippen molar-refractivity contribution >= 4 is 22.6 Å². The molecule has 0 amide bonds. The Morgan fingerprint density at radius 2 is 2.36 bits per heavy atom. The zero-order valence-electron chi connectivity index (χ0n) is 6.84. The summed E-state index contributed by atoms with van der Waals surface area (Å²) in [5, 5.41) is 0. The van der Waals surface area contributed by atoms with E-state index in [9.17, 15) is 0 Å². The number of aromatic nitrogens is 2. The van der Waals surface area contributed by atoms with Crippen LogP contribution in [-0.2, 0) is 6.54 Å². The van der Waals surface area contributed by atoms with Gasteiger partial charge in [-0.1, -0.05) is 13.8 Å². The summed E-state index contributed by atoms with van der Waals surface area (Å²) in [6.45, 7) is 5.36. The van der Waals surface area contributed by atoms with Crippen molar-refractivity contribution in [1.29, 1.82) is 0 Å². The Kier molecular flexibility index (Phi) is 3.36. The molecule has 0 atom stereocenters. The van der Waals surface area contributed by atoms with Crippen LogP contribution in [0.2, 0.25) is 0 Å². The van der Waals surface area contributed by atoms with E-state index in [1.165, 1.54) is 5.92 Å². The molecule has 0 saturated heterocycles. The molecule has 0 aliphatic rings. The van der Waals surface area contributed by atoms with Crippen LogP contribution in [0.25, 0.3) is 0 Å². The molecule has 0 unspecified atom stereocenters. The van der Waals surface area contributed by atoms with E-state index < -0.39 is 0 Å². The largest absolute Gasteiger partial charge is 0.336 e. The summed E-state index contributed by atoms with van der Waals surface area (Å²) in [6.07, 6.45) is 5.08. The summed E-state index contributed by atoms with van der Waals surface area (Å²) in [7, 11) is 0. The third-order valence-electron chi connectivity index (χ3n) is 1.47.